The van der Waals surface area contributed by atoms with Crippen LogP contribution in [0.15, 0.2) is 12.2 Å². The van der Waals surface area contributed by atoms with Crippen LogP contribution in [0.5, 0.6) is 0 Å². The molecule has 0 spiro atoms. The molecule has 13 heavy (non-hydrogen) atoms. The summed E-state index contributed by atoms with van der Waals surface area (Å²) >= 11 is 0. The molecule has 0 rings (SSSR count). The average molecular weight is 176 g/mol. The van der Waals surface area contributed by atoms with E-state index >= 15 is 0 Å². The van der Waals surface area contributed by atoms with Crippen molar-refractivity contribution in [1.29, 1.82) is 0 Å². The number of carbonyl (C=O) groups is 1. The molecule has 0 aromatic rings. The number of hydrogen-bond acceptors (Lipinski definition) is 2. The molecule has 68 valence electrons. The lowest BCUT2D eigenvalue weighted by Crippen LogP contribution is -1.97. The summed E-state index contributed by atoms with van der Waals surface area (Å²) in [6.07, 6.45) is 4.38. The molecule has 0 aliphatic heterocycles. The number of carbonyl (C=O) groups excluding carboxylic acids is 1. The second-order valence-corrected chi connectivity index (χ2v) is 2.15. The van der Waals surface area contributed by atoms with E-state index in [1.807, 2.05) is 13.0 Å². The molecule has 2 nitrogen and oxygen atoms in total. The van der Waals surface area contributed by atoms with E-state index in [2.05, 4.69) is 28.4 Å². The zero-order valence-electron chi connectivity index (χ0n) is 7.89. The van der Waals surface area contributed by atoms with E-state index in [0.29, 0.717) is 12.8 Å². The van der Waals surface area contributed by atoms with E-state index in [9.17, 15) is 4.79 Å². The van der Waals surface area contributed by atoms with Gasteiger partial charge < -0.3 is 4.74 Å². The molecule has 0 aromatic carbocycles. The van der Waals surface area contributed by atoms with Crippen molar-refractivity contribution >= 4 is 5.97 Å². The number of ether oxygens (including phenoxy) is 1. The van der Waals surface area contributed by atoms with Crippen LogP contribution in [0.25, 0.3) is 0 Å². The standard InChI is InChI=1S/C11H12O2/c1-3-4-5-6-7-8-9-10-11(12)13-2/h3-4H,9-10H2,1-2H3. The Labute approximate surface area is 79.0 Å². The molecule has 0 unspecified atom stereocenters. The summed E-state index contributed by atoms with van der Waals surface area (Å²) in [5.41, 5.74) is 0. The van der Waals surface area contributed by atoms with Crippen LogP contribution in [0.1, 0.15) is 19.8 Å². The fourth-order valence-electron chi connectivity index (χ4n) is 0.534. The van der Waals surface area contributed by atoms with Gasteiger partial charge in [-0.3, -0.25) is 4.79 Å². The molecule has 0 saturated heterocycles. The van der Waals surface area contributed by atoms with E-state index in [-0.39, 0.29) is 5.97 Å². The van der Waals surface area contributed by atoms with E-state index in [0.717, 1.165) is 0 Å². The third kappa shape index (κ3) is 8.23. The Kier molecular flexibility index (Phi) is 7.34. The van der Waals surface area contributed by atoms with Crippen LogP contribution < -0.4 is 0 Å². The van der Waals surface area contributed by atoms with Crippen molar-refractivity contribution in [2.45, 2.75) is 19.8 Å². The molecule has 0 N–H and O–H groups in total. The molecule has 0 radical (unpaired) electrons. The molecule has 0 saturated carbocycles. The number of hydrogen-bond donors (Lipinski definition) is 0. The molecule has 0 aromatic heterocycles. The van der Waals surface area contributed by atoms with Crippen molar-refractivity contribution in [3.8, 4) is 23.7 Å². The Morgan fingerprint density at radius 1 is 1.46 bits per heavy atom. The number of methoxy groups -OCH3 is 1. The van der Waals surface area contributed by atoms with Gasteiger partial charge in [-0.25, -0.2) is 0 Å². The van der Waals surface area contributed by atoms with Gasteiger partial charge in [-0.15, -0.1) is 0 Å². The first-order chi connectivity index (χ1) is 6.31. The zero-order valence-corrected chi connectivity index (χ0v) is 7.89. The Balaban J connectivity index is 3.64. The summed E-state index contributed by atoms with van der Waals surface area (Å²) < 4.78 is 4.44. The van der Waals surface area contributed by atoms with Gasteiger partial charge in [-0.2, -0.15) is 0 Å². The van der Waals surface area contributed by atoms with Crippen molar-refractivity contribution < 1.29 is 9.53 Å². The monoisotopic (exact) mass is 176 g/mol. The molecule has 2 heteroatoms. The van der Waals surface area contributed by atoms with Crippen molar-refractivity contribution in [3.05, 3.63) is 12.2 Å². The third-order valence-electron chi connectivity index (χ3n) is 1.15. The van der Waals surface area contributed by atoms with Crippen LogP contribution in [0.4, 0.5) is 0 Å². The summed E-state index contributed by atoms with van der Waals surface area (Å²) in [6, 6.07) is 0. The highest BCUT2D eigenvalue weighted by molar-refractivity contribution is 5.69. The van der Waals surface area contributed by atoms with Gasteiger partial charge in [0, 0.05) is 6.42 Å². The van der Waals surface area contributed by atoms with Crippen LogP contribution in [0.2, 0.25) is 0 Å². The summed E-state index contributed by atoms with van der Waals surface area (Å²) in [7, 11) is 1.36. The van der Waals surface area contributed by atoms with Crippen molar-refractivity contribution in [3.63, 3.8) is 0 Å². The fraction of sp³-hybridized carbons (Fsp3) is 0.364. The van der Waals surface area contributed by atoms with Gasteiger partial charge in [0.2, 0.25) is 0 Å². The summed E-state index contributed by atoms with van der Waals surface area (Å²) in [6.45, 7) is 1.89. The van der Waals surface area contributed by atoms with Gasteiger partial charge in [0.15, 0.2) is 0 Å². The molecular formula is C11H12O2. The Morgan fingerprint density at radius 3 is 2.85 bits per heavy atom. The molecule has 0 amide bonds. The molecular weight excluding hydrogens is 164 g/mol. The SMILES string of the molecule is CC=CC#CC#CCCC(=O)OC. The van der Waals surface area contributed by atoms with Gasteiger partial charge in [0.05, 0.1) is 13.5 Å². The summed E-state index contributed by atoms with van der Waals surface area (Å²) in [5.74, 6) is 10.5. The van der Waals surface area contributed by atoms with Crippen LogP contribution in [-0.4, -0.2) is 13.1 Å². The van der Waals surface area contributed by atoms with Gasteiger partial charge in [0.1, 0.15) is 0 Å². The first-order valence-electron chi connectivity index (χ1n) is 3.97. The lowest BCUT2D eigenvalue weighted by Gasteiger charge is -1.91. The van der Waals surface area contributed by atoms with E-state index in [1.165, 1.54) is 7.11 Å². The molecule has 0 fully saturated rings. The normalized spacial score (nSPS) is 8.15. The highest BCUT2D eigenvalue weighted by atomic mass is 16.5. The van der Waals surface area contributed by atoms with Gasteiger partial charge in [-0.05, 0) is 24.8 Å². The lowest BCUT2D eigenvalue weighted by molar-refractivity contribution is -0.140. The second-order valence-electron chi connectivity index (χ2n) is 2.15. The Bertz CT molecular complexity index is 292. The van der Waals surface area contributed by atoms with E-state index in [1.54, 1.807) is 6.08 Å². The van der Waals surface area contributed by atoms with Crippen molar-refractivity contribution in [2.75, 3.05) is 7.11 Å². The van der Waals surface area contributed by atoms with Gasteiger partial charge in [-0.1, -0.05) is 17.9 Å². The van der Waals surface area contributed by atoms with Crippen LogP contribution in [0.3, 0.4) is 0 Å². The maximum Gasteiger partial charge on any atom is 0.306 e. The minimum atomic E-state index is -0.240. The molecule has 0 bridgehead atoms. The minimum Gasteiger partial charge on any atom is -0.469 e. The Morgan fingerprint density at radius 2 is 2.23 bits per heavy atom. The second kappa shape index (κ2) is 8.43. The highest BCUT2D eigenvalue weighted by Crippen LogP contribution is 1.88. The van der Waals surface area contributed by atoms with E-state index < -0.39 is 0 Å². The first kappa shape index (κ1) is 11.3. The zero-order chi connectivity index (χ0) is 9.94. The fourth-order valence-corrected chi connectivity index (χ4v) is 0.534. The smallest absolute Gasteiger partial charge is 0.306 e. The van der Waals surface area contributed by atoms with E-state index in [4.69, 9.17) is 0 Å². The minimum absolute atomic E-state index is 0.240. The predicted molar refractivity (Wildman–Crippen MR) is 51.6 cm³/mol. The van der Waals surface area contributed by atoms with Gasteiger partial charge >= 0.3 is 5.97 Å². The Hall–Kier alpha value is -1.67. The van der Waals surface area contributed by atoms with Crippen LogP contribution in [0, 0.1) is 23.7 Å². The predicted octanol–water partition coefficient (Wildman–Crippen LogP) is 1.52. The van der Waals surface area contributed by atoms with Crippen molar-refractivity contribution in [2.24, 2.45) is 0 Å². The molecule has 0 aliphatic carbocycles. The maximum atomic E-state index is 10.6. The molecule has 0 aliphatic rings. The largest absolute Gasteiger partial charge is 0.469 e. The van der Waals surface area contributed by atoms with Crippen LogP contribution in [-0.2, 0) is 9.53 Å². The average Bonchev–Trinajstić information content (AvgIpc) is 2.16. The summed E-state index contributed by atoms with van der Waals surface area (Å²) in [4.78, 5) is 10.6. The molecule has 0 atom stereocenters. The maximum absolute atomic E-state index is 10.6. The molecule has 0 heterocycles. The first-order valence-corrected chi connectivity index (χ1v) is 3.97. The number of esters is 1. The van der Waals surface area contributed by atoms with Gasteiger partial charge in [0.25, 0.3) is 0 Å². The lowest BCUT2D eigenvalue weighted by atomic mass is 10.3. The highest BCUT2D eigenvalue weighted by Gasteiger charge is 1.94. The quantitative estimate of drug-likeness (QED) is 0.471. The van der Waals surface area contributed by atoms with Crippen LogP contribution >= 0.6 is 0 Å². The third-order valence-corrected chi connectivity index (χ3v) is 1.15. The topological polar surface area (TPSA) is 26.3 Å². The summed E-state index contributed by atoms with van der Waals surface area (Å²) in [5, 5.41) is 0. The van der Waals surface area contributed by atoms with Crippen molar-refractivity contribution in [1.82, 2.24) is 0 Å². The number of allylic oxidation sites excluding steroid dienone is 2. The number of rotatable bonds is 2.